The minimum absolute atomic E-state index is 0.0336. The van der Waals surface area contributed by atoms with Gasteiger partial charge in [-0.2, -0.15) is 0 Å². The summed E-state index contributed by atoms with van der Waals surface area (Å²) >= 11 is 6.69. The lowest BCUT2D eigenvalue weighted by Gasteiger charge is -2.36. The molecule has 0 heterocycles. The van der Waals surface area contributed by atoms with Gasteiger partial charge in [-0.25, -0.2) is 0 Å². The molecule has 1 saturated carbocycles. The Hall–Kier alpha value is -3.01. The number of nitrogens with zero attached hydrogens (tertiary/aromatic N) is 1. The van der Waals surface area contributed by atoms with Gasteiger partial charge in [-0.3, -0.25) is 14.4 Å². The quantitative estimate of drug-likeness (QED) is 0.214. The number of nitrogens with one attached hydrogen (secondary N) is 1. The molecule has 0 aromatic heterocycles. The maximum Gasteiger partial charge on any atom is 0.307 e. The average molecular weight is 659 g/mol. The number of carboxylic acid groups (broad SMARTS) is 1. The summed E-state index contributed by atoms with van der Waals surface area (Å²) in [6.07, 6.45) is 4.50. The Balaban J connectivity index is 0.000000216. The van der Waals surface area contributed by atoms with E-state index in [9.17, 15) is 14.4 Å². The number of anilines is 1. The lowest BCUT2D eigenvalue weighted by Crippen LogP contribution is -2.51. The van der Waals surface area contributed by atoms with E-state index in [1.807, 2.05) is 24.3 Å². The highest BCUT2D eigenvalue weighted by Gasteiger charge is 2.28. The Morgan fingerprint density at radius 2 is 1.46 bits per heavy atom. The van der Waals surface area contributed by atoms with Crippen LogP contribution in [0.25, 0.3) is 0 Å². The molecular formula is C30H33Br2N3O4. The summed E-state index contributed by atoms with van der Waals surface area (Å²) in [5.74, 6) is -1.17. The summed E-state index contributed by atoms with van der Waals surface area (Å²) in [4.78, 5) is 37.6. The number of amides is 1. The van der Waals surface area contributed by atoms with Crippen LogP contribution in [0.3, 0.4) is 0 Å². The van der Waals surface area contributed by atoms with Crippen molar-refractivity contribution >= 4 is 55.2 Å². The van der Waals surface area contributed by atoms with Gasteiger partial charge < -0.3 is 21.1 Å². The van der Waals surface area contributed by atoms with Crippen LogP contribution in [0.5, 0.6) is 0 Å². The van der Waals surface area contributed by atoms with Crippen LogP contribution in [0, 0.1) is 0 Å². The molecular weight excluding hydrogens is 626 g/mol. The number of carbonyl (C=O) groups excluding carboxylic acids is 2. The van der Waals surface area contributed by atoms with E-state index in [1.165, 1.54) is 12.8 Å². The van der Waals surface area contributed by atoms with Gasteiger partial charge in [0.2, 0.25) is 0 Å². The molecule has 0 bridgehead atoms. The molecule has 0 spiro atoms. The van der Waals surface area contributed by atoms with Gasteiger partial charge in [0.1, 0.15) is 0 Å². The summed E-state index contributed by atoms with van der Waals surface area (Å²) < 4.78 is 1.87. The maximum atomic E-state index is 12.4. The third-order valence-corrected chi connectivity index (χ3v) is 7.76. The van der Waals surface area contributed by atoms with Gasteiger partial charge >= 0.3 is 5.97 Å². The standard InChI is InChI=1S/C15H21BrN2O.C15H12BrNO3/c1-18(2)14-6-4-3-5-13(14)17-15(19)11-7-9-12(16)10-8-11;16-11-6-4-9(5-7-11)15(20)12-3-1-2-10(14(12)17)8-13(18)19/h7-10,13-14H,3-6H2,1-2H3,(H,17,19);1-7H,8,17H2,(H,18,19)/t13-,14-;/m0./s1. The second-order valence-corrected chi connectivity index (χ2v) is 11.5. The third-order valence-electron chi connectivity index (χ3n) is 6.70. The third kappa shape index (κ3) is 8.74. The molecule has 3 aromatic rings. The Kier molecular flexibility index (Phi) is 11.3. The molecule has 0 saturated heterocycles. The Morgan fingerprint density at radius 3 is 2.03 bits per heavy atom. The van der Waals surface area contributed by atoms with Crippen LogP contribution in [0.2, 0.25) is 0 Å². The SMILES string of the molecule is CN(C)[C@H]1CCCC[C@@H]1NC(=O)c1ccc(Br)cc1.Nc1c(CC(=O)O)cccc1C(=O)c1ccc(Br)cc1. The number of nitrogen functional groups attached to an aromatic ring is 1. The molecule has 4 N–H and O–H groups in total. The van der Waals surface area contributed by atoms with Crippen molar-refractivity contribution in [3.05, 3.63) is 97.9 Å². The molecule has 7 nitrogen and oxygen atoms in total. The van der Waals surface area contributed by atoms with Crippen LogP contribution in [-0.4, -0.2) is 53.8 Å². The zero-order chi connectivity index (χ0) is 28.5. The number of rotatable bonds is 7. The molecule has 9 heteroatoms. The molecule has 0 unspecified atom stereocenters. The van der Waals surface area contributed by atoms with Crippen molar-refractivity contribution in [2.75, 3.05) is 19.8 Å². The highest BCUT2D eigenvalue weighted by atomic mass is 79.9. The lowest BCUT2D eigenvalue weighted by atomic mass is 9.89. The number of para-hydroxylation sites is 1. The predicted octanol–water partition coefficient (Wildman–Crippen LogP) is 5.94. The van der Waals surface area contributed by atoms with Crippen LogP contribution in [0.15, 0.2) is 75.7 Å². The Morgan fingerprint density at radius 1 is 0.897 bits per heavy atom. The van der Waals surface area contributed by atoms with E-state index in [1.54, 1.807) is 42.5 Å². The number of aliphatic carboxylic acids is 1. The van der Waals surface area contributed by atoms with Gasteiger partial charge in [0.25, 0.3) is 5.91 Å². The second-order valence-electron chi connectivity index (χ2n) is 9.69. The van der Waals surface area contributed by atoms with E-state index in [4.69, 9.17) is 10.8 Å². The Labute approximate surface area is 246 Å². The topological polar surface area (TPSA) is 113 Å². The summed E-state index contributed by atoms with van der Waals surface area (Å²) in [5, 5.41) is 12.0. The largest absolute Gasteiger partial charge is 0.481 e. The first kappa shape index (κ1) is 30.5. The molecule has 0 aliphatic heterocycles. The smallest absolute Gasteiger partial charge is 0.307 e. The van der Waals surface area contributed by atoms with Gasteiger partial charge in [-0.15, -0.1) is 0 Å². The zero-order valence-corrected chi connectivity index (χ0v) is 25.2. The van der Waals surface area contributed by atoms with Gasteiger partial charge in [0.15, 0.2) is 5.78 Å². The number of halogens is 2. The summed E-state index contributed by atoms with van der Waals surface area (Å²) in [6.45, 7) is 0. The molecule has 3 aromatic carbocycles. The van der Waals surface area contributed by atoms with Gasteiger partial charge in [0.05, 0.1) is 6.42 Å². The van der Waals surface area contributed by atoms with Crippen molar-refractivity contribution in [1.29, 1.82) is 0 Å². The summed E-state index contributed by atoms with van der Waals surface area (Å²) in [6, 6.07) is 20.0. The molecule has 2 atom stereocenters. The molecule has 206 valence electrons. The molecule has 4 rings (SSSR count). The monoisotopic (exact) mass is 657 g/mol. The average Bonchev–Trinajstić information content (AvgIpc) is 2.90. The van der Waals surface area contributed by atoms with Gasteiger partial charge in [-0.1, -0.05) is 56.8 Å². The minimum Gasteiger partial charge on any atom is -0.481 e. The number of likely N-dealkylation sites (N-methyl/N-ethyl adjacent to an activating group) is 1. The van der Waals surface area contributed by atoms with Crippen molar-refractivity contribution < 1.29 is 19.5 Å². The minimum atomic E-state index is -0.982. The van der Waals surface area contributed by atoms with Crippen molar-refractivity contribution in [2.45, 2.75) is 44.2 Å². The molecule has 39 heavy (non-hydrogen) atoms. The number of benzene rings is 3. The van der Waals surface area contributed by atoms with Crippen LogP contribution in [0.1, 0.15) is 57.5 Å². The van der Waals surface area contributed by atoms with Gasteiger partial charge in [0, 0.05) is 43.4 Å². The number of ketones is 1. The fourth-order valence-electron chi connectivity index (χ4n) is 4.64. The number of hydrogen-bond acceptors (Lipinski definition) is 5. The second kappa shape index (κ2) is 14.4. The number of carboxylic acids is 1. The van der Waals surface area contributed by atoms with E-state index in [-0.39, 0.29) is 29.8 Å². The molecule has 1 aliphatic carbocycles. The first-order chi connectivity index (χ1) is 18.6. The van der Waals surface area contributed by atoms with E-state index in [0.717, 1.165) is 27.4 Å². The van der Waals surface area contributed by atoms with E-state index in [0.29, 0.717) is 22.7 Å². The van der Waals surface area contributed by atoms with E-state index < -0.39 is 5.97 Å². The molecule has 1 amide bonds. The van der Waals surface area contributed by atoms with Crippen molar-refractivity contribution in [2.24, 2.45) is 0 Å². The maximum absolute atomic E-state index is 12.4. The summed E-state index contributed by atoms with van der Waals surface area (Å²) in [7, 11) is 4.18. The van der Waals surface area contributed by atoms with Crippen LogP contribution in [-0.2, 0) is 11.2 Å². The van der Waals surface area contributed by atoms with Crippen molar-refractivity contribution in [3.8, 4) is 0 Å². The molecule has 0 radical (unpaired) electrons. The molecule has 1 aliphatic rings. The Bertz CT molecular complexity index is 1290. The van der Waals surface area contributed by atoms with Crippen LogP contribution >= 0.6 is 31.9 Å². The van der Waals surface area contributed by atoms with E-state index >= 15 is 0 Å². The van der Waals surface area contributed by atoms with Crippen molar-refractivity contribution in [1.82, 2.24) is 10.2 Å². The fourth-order valence-corrected chi connectivity index (χ4v) is 5.16. The highest BCUT2D eigenvalue weighted by molar-refractivity contribution is 9.10. The zero-order valence-electron chi connectivity index (χ0n) is 22.0. The number of carbonyl (C=O) groups is 3. The predicted molar refractivity (Wildman–Crippen MR) is 161 cm³/mol. The number of nitrogens with two attached hydrogens (primary N) is 1. The van der Waals surface area contributed by atoms with Gasteiger partial charge in [-0.05, 0) is 87.1 Å². The summed E-state index contributed by atoms with van der Waals surface area (Å²) in [5.41, 5.74) is 8.14. The van der Waals surface area contributed by atoms with Crippen molar-refractivity contribution in [3.63, 3.8) is 0 Å². The first-order valence-corrected chi connectivity index (χ1v) is 14.3. The number of hydrogen-bond donors (Lipinski definition) is 3. The van der Waals surface area contributed by atoms with E-state index in [2.05, 4.69) is 56.2 Å². The van der Waals surface area contributed by atoms with Crippen LogP contribution < -0.4 is 11.1 Å². The molecule has 1 fully saturated rings. The fraction of sp³-hybridized carbons (Fsp3) is 0.300. The normalized spacial score (nSPS) is 16.6. The first-order valence-electron chi connectivity index (χ1n) is 12.7. The van der Waals surface area contributed by atoms with Crippen LogP contribution in [0.4, 0.5) is 5.69 Å². The highest BCUT2D eigenvalue weighted by Crippen LogP contribution is 2.23. The lowest BCUT2D eigenvalue weighted by molar-refractivity contribution is -0.136.